The molecule has 2 heterocycles. The minimum Gasteiger partial charge on any atom is -0.315 e. The SMILES string of the molecule is Cc1ccc(N2C(SCc3ccccc3C)=N[C@H]3CS(=O)(=O)C[C@H]32)c(C)c1. The van der Waals surface area contributed by atoms with Gasteiger partial charge in [-0.15, -0.1) is 0 Å². The normalized spacial score (nSPS) is 23.4. The summed E-state index contributed by atoms with van der Waals surface area (Å²) in [6.07, 6.45) is 0. The summed E-state index contributed by atoms with van der Waals surface area (Å²) in [7, 11) is -3.02. The molecule has 4 nitrogen and oxygen atoms in total. The molecule has 2 aliphatic rings. The van der Waals surface area contributed by atoms with Crippen molar-refractivity contribution in [2.75, 3.05) is 16.4 Å². The predicted molar refractivity (Wildman–Crippen MR) is 115 cm³/mol. The van der Waals surface area contributed by atoms with Gasteiger partial charge >= 0.3 is 0 Å². The highest BCUT2D eigenvalue weighted by molar-refractivity contribution is 8.13. The van der Waals surface area contributed by atoms with Gasteiger partial charge in [0.25, 0.3) is 0 Å². The minimum atomic E-state index is -3.02. The lowest BCUT2D eigenvalue weighted by Crippen LogP contribution is -2.39. The second-order valence-electron chi connectivity index (χ2n) is 7.50. The van der Waals surface area contributed by atoms with Crippen LogP contribution in [0.15, 0.2) is 47.5 Å². The third-order valence-electron chi connectivity index (χ3n) is 5.34. The van der Waals surface area contributed by atoms with Gasteiger partial charge < -0.3 is 4.90 Å². The van der Waals surface area contributed by atoms with Gasteiger partial charge in [-0.1, -0.05) is 53.7 Å². The maximum atomic E-state index is 12.2. The van der Waals surface area contributed by atoms with Crippen LogP contribution in [0, 0.1) is 20.8 Å². The van der Waals surface area contributed by atoms with E-state index >= 15 is 0 Å². The van der Waals surface area contributed by atoms with Crippen molar-refractivity contribution in [1.82, 2.24) is 0 Å². The predicted octanol–water partition coefficient (Wildman–Crippen LogP) is 3.89. The summed E-state index contributed by atoms with van der Waals surface area (Å²) >= 11 is 1.71. The minimum absolute atomic E-state index is 0.0872. The number of amidine groups is 1. The van der Waals surface area contributed by atoms with Crippen molar-refractivity contribution < 1.29 is 8.42 Å². The van der Waals surface area contributed by atoms with Gasteiger partial charge in [0.1, 0.15) is 0 Å². The monoisotopic (exact) mass is 400 g/mol. The molecule has 0 bridgehead atoms. The van der Waals surface area contributed by atoms with E-state index in [0.717, 1.165) is 22.2 Å². The van der Waals surface area contributed by atoms with Crippen LogP contribution in [-0.2, 0) is 15.6 Å². The molecule has 0 spiro atoms. The molecule has 0 radical (unpaired) electrons. The van der Waals surface area contributed by atoms with Crippen LogP contribution in [0.1, 0.15) is 22.3 Å². The van der Waals surface area contributed by atoms with Gasteiger partial charge in [0.15, 0.2) is 15.0 Å². The van der Waals surface area contributed by atoms with E-state index in [2.05, 4.69) is 62.1 Å². The van der Waals surface area contributed by atoms with E-state index in [1.807, 2.05) is 6.07 Å². The van der Waals surface area contributed by atoms with Crippen molar-refractivity contribution in [3.63, 3.8) is 0 Å². The van der Waals surface area contributed by atoms with E-state index in [9.17, 15) is 8.42 Å². The van der Waals surface area contributed by atoms with Crippen molar-refractivity contribution in [2.24, 2.45) is 4.99 Å². The number of aryl methyl sites for hydroxylation is 3. The van der Waals surface area contributed by atoms with Crippen LogP contribution in [-0.4, -0.2) is 37.2 Å². The first-order chi connectivity index (χ1) is 12.8. The molecule has 2 aromatic rings. The zero-order valence-electron chi connectivity index (χ0n) is 15.8. The molecule has 1 saturated heterocycles. The van der Waals surface area contributed by atoms with Gasteiger partial charge in [-0.3, -0.25) is 4.99 Å². The first-order valence-electron chi connectivity index (χ1n) is 9.16. The van der Waals surface area contributed by atoms with Gasteiger partial charge in [0, 0.05) is 11.4 Å². The largest absolute Gasteiger partial charge is 0.315 e. The highest BCUT2D eigenvalue weighted by Crippen LogP contribution is 2.37. The van der Waals surface area contributed by atoms with E-state index in [1.165, 1.54) is 16.7 Å². The van der Waals surface area contributed by atoms with Crippen LogP contribution in [0.4, 0.5) is 5.69 Å². The molecule has 2 aromatic carbocycles. The third kappa shape index (κ3) is 3.65. The third-order valence-corrected chi connectivity index (χ3v) is 8.05. The molecule has 0 N–H and O–H groups in total. The highest BCUT2D eigenvalue weighted by Gasteiger charge is 2.47. The molecule has 0 saturated carbocycles. The fourth-order valence-electron chi connectivity index (χ4n) is 3.90. The molecule has 142 valence electrons. The maximum Gasteiger partial charge on any atom is 0.164 e. The number of fused-ring (bicyclic) bond motifs is 1. The Morgan fingerprint density at radius 1 is 1.07 bits per heavy atom. The number of hydrogen-bond acceptors (Lipinski definition) is 5. The summed E-state index contributed by atoms with van der Waals surface area (Å²) in [4.78, 5) is 7.01. The zero-order chi connectivity index (χ0) is 19.2. The Labute approximate surface area is 165 Å². The molecule has 0 unspecified atom stereocenters. The van der Waals surface area contributed by atoms with Crippen molar-refractivity contribution in [3.8, 4) is 0 Å². The van der Waals surface area contributed by atoms with Crippen LogP contribution in [0.5, 0.6) is 0 Å². The Balaban J connectivity index is 1.66. The summed E-state index contributed by atoms with van der Waals surface area (Å²) in [5.74, 6) is 1.18. The van der Waals surface area contributed by atoms with Gasteiger partial charge in [-0.05, 0) is 43.5 Å². The Morgan fingerprint density at radius 3 is 2.59 bits per heavy atom. The van der Waals surface area contributed by atoms with Crippen LogP contribution in [0.2, 0.25) is 0 Å². The lowest BCUT2D eigenvalue weighted by Gasteiger charge is -2.28. The average Bonchev–Trinajstić information content (AvgIpc) is 3.06. The van der Waals surface area contributed by atoms with Crippen molar-refractivity contribution >= 4 is 32.5 Å². The number of rotatable bonds is 3. The van der Waals surface area contributed by atoms with Crippen LogP contribution < -0.4 is 4.90 Å². The number of aliphatic imine (C=N–C) groups is 1. The standard InChI is InChI=1S/C21H24N2O2S2/c1-14-8-9-19(16(3)10-14)23-20-13-27(24,25)12-18(20)22-21(23)26-11-17-7-5-4-6-15(17)2/h4-10,18,20H,11-13H2,1-3H3/t18-,20+/m0/s1. The van der Waals surface area contributed by atoms with E-state index in [1.54, 1.807) is 11.8 Å². The number of nitrogens with zero attached hydrogens (tertiary/aromatic N) is 2. The number of anilines is 1. The van der Waals surface area contributed by atoms with Crippen molar-refractivity contribution in [2.45, 2.75) is 38.6 Å². The summed E-state index contributed by atoms with van der Waals surface area (Å²) < 4.78 is 24.4. The number of thioether (sulfide) groups is 1. The number of hydrogen-bond donors (Lipinski definition) is 0. The molecule has 0 aromatic heterocycles. The van der Waals surface area contributed by atoms with Gasteiger partial charge in [0.2, 0.25) is 0 Å². The van der Waals surface area contributed by atoms with Crippen molar-refractivity contribution in [3.05, 3.63) is 64.7 Å². The first kappa shape index (κ1) is 18.6. The molecule has 1 fully saturated rings. The van der Waals surface area contributed by atoms with Crippen molar-refractivity contribution in [1.29, 1.82) is 0 Å². The molecular weight excluding hydrogens is 376 g/mol. The van der Waals surface area contributed by atoms with Crippen LogP contribution in [0.25, 0.3) is 0 Å². The van der Waals surface area contributed by atoms with E-state index in [0.29, 0.717) is 0 Å². The van der Waals surface area contributed by atoms with E-state index in [4.69, 9.17) is 4.99 Å². The smallest absolute Gasteiger partial charge is 0.164 e. The Hall–Kier alpha value is -1.79. The van der Waals surface area contributed by atoms with Gasteiger partial charge in [-0.25, -0.2) is 8.42 Å². The maximum absolute atomic E-state index is 12.2. The lowest BCUT2D eigenvalue weighted by molar-refractivity contribution is 0.601. The molecule has 4 rings (SSSR count). The fraction of sp³-hybridized carbons (Fsp3) is 0.381. The topological polar surface area (TPSA) is 49.7 Å². The fourth-order valence-corrected chi connectivity index (χ4v) is 6.94. The Kier molecular flexibility index (Phi) is 4.80. The first-order valence-corrected chi connectivity index (χ1v) is 12.0. The molecule has 6 heteroatoms. The summed E-state index contributed by atoms with van der Waals surface area (Å²) in [6, 6.07) is 14.5. The average molecular weight is 401 g/mol. The number of sulfone groups is 1. The number of benzene rings is 2. The molecule has 0 amide bonds. The van der Waals surface area contributed by atoms with Gasteiger partial charge in [-0.2, -0.15) is 0 Å². The summed E-state index contributed by atoms with van der Waals surface area (Å²) in [5.41, 5.74) is 5.99. The highest BCUT2D eigenvalue weighted by atomic mass is 32.2. The molecule has 2 atom stereocenters. The molecular formula is C21H24N2O2S2. The Morgan fingerprint density at radius 2 is 1.85 bits per heavy atom. The zero-order valence-corrected chi connectivity index (χ0v) is 17.5. The molecule has 0 aliphatic carbocycles. The lowest BCUT2D eigenvalue weighted by atomic mass is 10.1. The summed E-state index contributed by atoms with van der Waals surface area (Å²) in [6.45, 7) is 6.28. The van der Waals surface area contributed by atoms with Crippen LogP contribution >= 0.6 is 11.8 Å². The van der Waals surface area contributed by atoms with E-state index < -0.39 is 9.84 Å². The second-order valence-corrected chi connectivity index (χ2v) is 10.6. The summed E-state index contributed by atoms with van der Waals surface area (Å²) in [5, 5.41) is 0.940. The second kappa shape index (κ2) is 6.99. The van der Waals surface area contributed by atoms with Crippen LogP contribution in [0.3, 0.4) is 0 Å². The van der Waals surface area contributed by atoms with Gasteiger partial charge in [0.05, 0.1) is 23.6 Å². The van der Waals surface area contributed by atoms with E-state index in [-0.39, 0.29) is 23.6 Å². The molecule has 2 aliphatic heterocycles. The Bertz CT molecular complexity index is 1010. The molecule has 27 heavy (non-hydrogen) atoms. The quantitative estimate of drug-likeness (QED) is 0.784.